The first-order valence-corrected chi connectivity index (χ1v) is 14.5. The van der Waals surface area contributed by atoms with Gasteiger partial charge in [-0.25, -0.2) is 9.59 Å². The number of methoxy groups -OCH3 is 2. The molecule has 4 amide bonds. The summed E-state index contributed by atoms with van der Waals surface area (Å²) in [6, 6.07) is 11.3. The molecule has 12 heteroatoms. The van der Waals surface area contributed by atoms with Crippen molar-refractivity contribution in [2.24, 2.45) is 0 Å². The van der Waals surface area contributed by atoms with E-state index in [4.69, 9.17) is 9.47 Å². The van der Waals surface area contributed by atoms with Crippen molar-refractivity contribution in [2.75, 3.05) is 40.5 Å². The summed E-state index contributed by atoms with van der Waals surface area (Å²) in [6.07, 6.45) is 0.801. The van der Waals surface area contributed by atoms with Crippen molar-refractivity contribution >= 4 is 57.1 Å². The Morgan fingerprint density at radius 3 is 1.13 bits per heavy atom. The van der Waals surface area contributed by atoms with Crippen LogP contribution in [-0.2, 0) is 9.47 Å². The fraction of sp³-hybridized carbons (Fsp3) is 0.235. The molecule has 0 unspecified atom stereocenters. The molecule has 2 heterocycles. The van der Waals surface area contributed by atoms with Gasteiger partial charge in [-0.3, -0.25) is 29.0 Å². The third-order valence-electron chi connectivity index (χ3n) is 8.43. The number of hydrogen-bond acceptors (Lipinski definition) is 8. The fourth-order valence-corrected chi connectivity index (χ4v) is 6.42. The molecule has 0 spiro atoms. The third kappa shape index (κ3) is 4.61. The predicted molar refractivity (Wildman–Crippen MR) is 165 cm³/mol. The summed E-state index contributed by atoms with van der Waals surface area (Å²) in [4.78, 5) is 81.6. The molecule has 2 aliphatic rings. The van der Waals surface area contributed by atoms with Gasteiger partial charge in [-0.05, 0) is 60.4 Å². The zero-order valence-corrected chi connectivity index (χ0v) is 24.9. The first kappa shape index (κ1) is 30.6. The number of hydrogen-bond donors (Lipinski definition) is 2. The number of carbonyl (C=O) groups is 6. The maximum Gasteiger partial charge on any atom is 0.336 e. The zero-order chi connectivity index (χ0) is 32.9. The van der Waals surface area contributed by atoms with Gasteiger partial charge in [0.25, 0.3) is 23.6 Å². The van der Waals surface area contributed by atoms with E-state index in [1.54, 1.807) is 0 Å². The summed E-state index contributed by atoms with van der Waals surface area (Å²) in [5.74, 6) is -5.04. The van der Waals surface area contributed by atoms with E-state index >= 15 is 0 Å². The van der Waals surface area contributed by atoms with Crippen LogP contribution in [0.3, 0.4) is 0 Å². The highest BCUT2D eigenvalue weighted by molar-refractivity contribution is 6.32. The van der Waals surface area contributed by atoms with Crippen LogP contribution in [0.5, 0.6) is 0 Å². The fourth-order valence-electron chi connectivity index (χ4n) is 6.42. The summed E-state index contributed by atoms with van der Waals surface area (Å²) in [7, 11) is 3.01. The second kappa shape index (κ2) is 11.8. The molecule has 234 valence electrons. The highest BCUT2D eigenvalue weighted by atomic mass is 16.5. The third-order valence-corrected chi connectivity index (χ3v) is 8.43. The van der Waals surface area contributed by atoms with Crippen molar-refractivity contribution in [3.05, 3.63) is 81.9 Å². The topological polar surface area (TPSA) is 168 Å². The number of carboxylic acids is 2. The Morgan fingerprint density at radius 2 is 0.826 bits per heavy atom. The Labute approximate surface area is 261 Å². The van der Waals surface area contributed by atoms with E-state index in [1.807, 2.05) is 0 Å². The van der Waals surface area contributed by atoms with Gasteiger partial charge in [-0.1, -0.05) is 12.1 Å². The number of imide groups is 2. The maximum atomic E-state index is 13.6. The average molecular weight is 625 g/mol. The van der Waals surface area contributed by atoms with E-state index < -0.39 is 35.6 Å². The van der Waals surface area contributed by atoms with Crippen LogP contribution in [0.1, 0.15) is 75.0 Å². The lowest BCUT2D eigenvalue weighted by Crippen LogP contribution is -2.41. The minimum atomic E-state index is -1.33. The van der Waals surface area contributed by atoms with Gasteiger partial charge >= 0.3 is 11.9 Å². The molecule has 2 N–H and O–H groups in total. The van der Waals surface area contributed by atoms with E-state index in [9.17, 15) is 39.0 Å². The molecule has 4 aromatic carbocycles. The lowest BCUT2D eigenvalue weighted by Gasteiger charge is -2.29. The monoisotopic (exact) mass is 624 g/mol. The van der Waals surface area contributed by atoms with Crippen LogP contribution < -0.4 is 0 Å². The van der Waals surface area contributed by atoms with Crippen LogP contribution in [0.2, 0.25) is 0 Å². The van der Waals surface area contributed by atoms with Crippen molar-refractivity contribution in [1.82, 2.24) is 9.80 Å². The highest BCUT2D eigenvalue weighted by Crippen LogP contribution is 2.44. The quantitative estimate of drug-likeness (QED) is 0.181. The highest BCUT2D eigenvalue weighted by Gasteiger charge is 2.37. The van der Waals surface area contributed by atoms with Crippen LogP contribution in [0, 0.1) is 0 Å². The Kier molecular flexibility index (Phi) is 7.84. The molecule has 0 aliphatic carbocycles. The molecule has 46 heavy (non-hydrogen) atoms. The van der Waals surface area contributed by atoms with Crippen molar-refractivity contribution in [3.8, 4) is 11.1 Å². The van der Waals surface area contributed by atoms with E-state index in [0.717, 1.165) is 9.80 Å². The number of benzene rings is 4. The zero-order valence-electron chi connectivity index (χ0n) is 24.9. The minimum Gasteiger partial charge on any atom is -0.478 e. The van der Waals surface area contributed by atoms with Gasteiger partial charge in [0.15, 0.2) is 0 Å². The first-order valence-electron chi connectivity index (χ1n) is 14.5. The molecule has 12 nitrogen and oxygen atoms in total. The smallest absolute Gasteiger partial charge is 0.336 e. The SMILES string of the molecule is COCCCN1C(=O)c2ccc(C(=O)O)c3c(-c4ccc5c6c(ccc(C(=O)O)c46)C(=O)N(CCCOC)C5=O)ccc(c23)C1=O. The van der Waals surface area contributed by atoms with Crippen LogP contribution >= 0.6 is 0 Å². The normalized spacial score (nSPS) is 14.1. The molecule has 6 rings (SSSR count). The lowest BCUT2D eigenvalue weighted by atomic mass is 9.82. The Balaban J connectivity index is 1.64. The summed E-state index contributed by atoms with van der Waals surface area (Å²) in [5.41, 5.74) is 0.495. The molecular weight excluding hydrogens is 596 g/mol. The van der Waals surface area contributed by atoms with Crippen LogP contribution in [0.4, 0.5) is 0 Å². The van der Waals surface area contributed by atoms with Crippen molar-refractivity contribution in [2.45, 2.75) is 12.8 Å². The number of nitrogens with zero attached hydrogens (tertiary/aromatic N) is 2. The summed E-state index contributed by atoms with van der Waals surface area (Å²) in [6.45, 7) is 0.832. The molecule has 0 saturated heterocycles. The Morgan fingerprint density at radius 1 is 0.522 bits per heavy atom. The van der Waals surface area contributed by atoms with Crippen LogP contribution in [0.15, 0.2) is 48.5 Å². The molecule has 0 bridgehead atoms. The van der Waals surface area contributed by atoms with Crippen LogP contribution in [-0.4, -0.2) is 96.1 Å². The molecule has 0 fully saturated rings. The number of carbonyl (C=O) groups excluding carboxylic acids is 4. The second-order valence-electron chi connectivity index (χ2n) is 11.0. The molecular formula is C34H28N2O10. The van der Waals surface area contributed by atoms with Gasteiger partial charge in [0.1, 0.15) is 0 Å². The number of ether oxygens (including phenoxy) is 2. The van der Waals surface area contributed by atoms with Gasteiger partial charge in [0.2, 0.25) is 0 Å². The Hall–Kier alpha value is -5.46. The first-order chi connectivity index (χ1) is 22.1. The van der Waals surface area contributed by atoms with Gasteiger partial charge in [0.05, 0.1) is 11.1 Å². The van der Waals surface area contributed by atoms with Gasteiger partial charge < -0.3 is 19.7 Å². The Bertz CT molecular complexity index is 1840. The summed E-state index contributed by atoms with van der Waals surface area (Å²) in [5, 5.41) is 20.9. The molecule has 0 radical (unpaired) electrons. The number of rotatable bonds is 11. The van der Waals surface area contributed by atoms with E-state index in [-0.39, 0.29) is 79.1 Å². The summed E-state index contributed by atoms with van der Waals surface area (Å²) >= 11 is 0. The summed E-state index contributed by atoms with van der Waals surface area (Å²) < 4.78 is 10.1. The van der Waals surface area contributed by atoms with Gasteiger partial charge in [0, 0.05) is 84.3 Å². The van der Waals surface area contributed by atoms with Crippen LogP contribution in [0.25, 0.3) is 32.7 Å². The molecule has 0 aromatic heterocycles. The van der Waals surface area contributed by atoms with Gasteiger partial charge in [-0.2, -0.15) is 0 Å². The number of aromatic carboxylic acids is 2. The van der Waals surface area contributed by atoms with Crippen molar-refractivity contribution in [1.29, 1.82) is 0 Å². The molecule has 0 saturated carbocycles. The van der Waals surface area contributed by atoms with E-state index in [2.05, 4.69) is 0 Å². The largest absolute Gasteiger partial charge is 0.478 e. The lowest BCUT2D eigenvalue weighted by molar-refractivity contribution is 0.0579. The number of amides is 4. The molecule has 2 aliphatic heterocycles. The van der Waals surface area contributed by atoms with Crippen molar-refractivity contribution < 1.29 is 48.5 Å². The van der Waals surface area contributed by atoms with Crippen molar-refractivity contribution in [3.63, 3.8) is 0 Å². The molecule has 4 aromatic rings. The van der Waals surface area contributed by atoms with E-state index in [0.29, 0.717) is 26.1 Å². The molecule has 0 atom stereocenters. The predicted octanol–water partition coefficient (Wildman–Crippen LogP) is 4.32. The van der Waals surface area contributed by atoms with Gasteiger partial charge in [-0.15, -0.1) is 0 Å². The second-order valence-corrected chi connectivity index (χ2v) is 11.0. The maximum absolute atomic E-state index is 13.6. The number of carboxylic acid groups (broad SMARTS) is 2. The van der Waals surface area contributed by atoms with E-state index in [1.165, 1.54) is 62.8 Å². The standard InChI is InChI=1S/C34H28N2O10/c1-45-15-3-13-35-29(37)19-7-5-17(25-23(33(41)42)11-9-21(27(19)25)31(35)39)18-6-8-20-28-22(10-12-24(26(18)28)34(43)44)32(40)36(30(20)38)14-4-16-46-2/h5-12H,3-4,13-16H2,1-2H3,(H,41,42)(H,43,44). The minimum absolute atomic E-state index is 0.0624. The average Bonchev–Trinajstić information content (AvgIpc) is 3.04.